The summed E-state index contributed by atoms with van der Waals surface area (Å²) in [6.07, 6.45) is 0.467. The molecule has 22 heavy (non-hydrogen) atoms. The number of halogens is 1. The van der Waals surface area contributed by atoms with Crippen LogP contribution in [-0.4, -0.2) is 55.6 Å². The summed E-state index contributed by atoms with van der Waals surface area (Å²) < 4.78 is 18.7. The molecule has 2 saturated heterocycles. The second-order valence-corrected chi connectivity index (χ2v) is 6.35. The minimum atomic E-state index is -0.129. The first-order valence-electron chi connectivity index (χ1n) is 7.90. The predicted molar refractivity (Wildman–Crippen MR) is 81.7 cm³/mol. The van der Waals surface area contributed by atoms with Crippen molar-refractivity contribution < 1.29 is 13.9 Å². The van der Waals surface area contributed by atoms with Crippen molar-refractivity contribution in [3.05, 3.63) is 35.6 Å². The summed E-state index contributed by atoms with van der Waals surface area (Å²) in [5.41, 5.74) is 0.760. The largest absolute Gasteiger partial charge is 0.384 e. The van der Waals surface area contributed by atoms with E-state index in [1.807, 2.05) is 17.0 Å². The molecule has 2 atom stereocenters. The fraction of sp³-hybridized carbons (Fsp3) is 0.588. The molecule has 3 rings (SSSR count). The molecule has 120 valence electrons. The third kappa shape index (κ3) is 3.31. The fourth-order valence-corrected chi connectivity index (χ4v) is 3.64. The molecular weight excluding hydrogens is 283 g/mol. The smallest absolute Gasteiger partial charge is 0.224 e. The molecule has 1 aromatic carbocycles. The molecule has 1 amide bonds. The fourth-order valence-electron chi connectivity index (χ4n) is 3.64. The highest BCUT2D eigenvalue weighted by Gasteiger charge is 2.41. The van der Waals surface area contributed by atoms with E-state index < -0.39 is 0 Å². The summed E-state index contributed by atoms with van der Waals surface area (Å²) in [4.78, 5) is 16.3. The van der Waals surface area contributed by atoms with Crippen LogP contribution in [-0.2, 0) is 16.1 Å². The minimum Gasteiger partial charge on any atom is -0.384 e. The molecule has 0 spiro atoms. The standard InChI is InChI=1S/C17H23FN2O2/c1-22-7-6-17(21)20-11-14-9-19(10-15(14)12-20)8-13-4-2-3-5-16(13)18/h2-5,14-15H,6-12H2,1H3/t14-,15-/m1/s1. The quantitative estimate of drug-likeness (QED) is 0.831. The van der Waals surface area contributed by atoms with Gasteiger partial charge in [-0.05, 0) is 17.9 Å². The van der Waals surface area contributed by atoms with E-state index in [9.17, 15) is 9.18 Å². The Bertz CT molecular complexity index is 523. The summed E-state index contributed by atoms with van der Waals surface area (Å²) in [5.74, 6) is 1.12. The molecule has 0 N–H and O–H groups in total. The maximum absolute atomic E-state index is 13.7. The van der Waals surface area contributed by atoms with Crippen LogP contribution in [0.25, 0.3) is 0 Å². The van der Waals surface area contributed by atoms with Crippen molar-refractivity contribution in [1.82, 2.24) is 9.80 Å². The average molecular weight is 306 g/mol. The molecule has 0 radical (unpaired) electrons. The summed E-state index contributed by atoms with van der Waals surface area (Å²) in [6, 6.07) is 6.97. The van der Waals surface area contributed by atoms with Crippen LogP contribution in [0.3, 0.4) is 0 Å². The van der Waals surface area contributed by atoms with Gasteiger partial charge in [0.25, 0.3) is 0 Å². The van der Waals surface area contributed by atoms with Gasteiger partial charge < -0.3 is 9.64 Å². The highest BCUT2D eigenvalue weighted by molar-refractivity contribution is 5.76. The summed E-state index contributed by atoms with van der Waals surface area (Å²) in [7, 11) is 1.62. The van der Waals surface area contributed by atoms with Crippen LogP contribution in [0.2, 0.25) is 0 Å². The van der Waals surface area contributed by atoms with Crippen molar-refractivity contribution in [1.29, 1.82) is 0 Å². The lowest BCUT2D eigenvalue weighted by molar-refractivity contribution is -0.131. The van der Waals surface area contributed by atoms with Gasteiger partial charge in [0.15, 0.2) is 0 Å². The first-order chi connectivity index (χ1) is 10.7. The Labute approximate surface area is 130 Å². The number of nitrogens with zero attached hydrogens (tertiary/aromatic N) is 2. The monoisotopic (exact) mass is 306 g/mol. The van der Waals surface area contributed by atoms with E-state index >= 15 is 0 Å². The van der Waals surface area contributed by atoms with Crippen molar-refractivity contribution in [2.75, 3.05) is 39.9 Å². The topological polar surface area (TPSA) is 32.8 Å². The Morgan fingerprint density at radius 3 is 2.55 bits per heavy atom. The molecule has 0 aromatic heterocycles. The van der Waals surface area contributed by atoms with Crippen molar-refractivity contribution in [3.63, 3.8) is 0 Å². The normalized spacial score (nSPS) is 24.7. The van der Waals surface area contributed by atoms with E-state index in [4.69, 9.17) is 4.74 Å². The zero-order valence-electron chi connectivity index (χ0n) is 13.0. The third-order valence-electron chi connectivity index (χ3n) is 4.79. The number of ether oxygens (including phenoxy) is 1. The maximum atomic E-state index is 13.7. The summed E-state index contributed by atoms with van der Waals surface area (Å²) in [5, 5.41) is 0. The molecule has 1 aromatic rings. The zero-order valence-corrected chi connectivity index (χ0v) is 13.0. The number of methoxy groups -OCH3 is 1. The number of carbonyl (C=O) groups is 1. The molecule has 2 fully saturated rings. The molecule has 2 aliphatic heterocycles. The Hall–Kier alpha value is -1.46. The average Bonchev–Trinajstić information content (AvgIpc) is 3.05. The molecule has 0 bridgehead atoms. The highest BCUT2D eigenvalue weighted by atomic mass is 19.1. The Balaban J connectivity index is 1.51. The van der Waals surface area contributed by atoms with Gasteiger partial charge >= 0.3 is 0 Å². The predicted octanol–water partition coefficient (Wildman–Crippen LogP) is 1.75. The lowest BCUT2D eigenvalue weighted by Crippen LogP contribution is -2.33. The van der Waals surface area contributed by atoms with Crippen molar-refractivity contribution in [2.45, 2.75) is 13.0 Å². The lowest BCUT2D eigenvalue weighted by atomic mass is 10.0. The zero-order chi connectivity index (χ0) is 15.5. The van der Waals surface area contributed by atoms with E-state index in [-0.39, 0.29) is 11.7 Å². The number of amides is 1. The number of carbonyl (C=O) groups excluding carboxylic acids is 1. The lowest BCUT2D eigenvalue weighted by Gasteiger charge is -2.21. The molecule has 2 aliphatic rings. The first-order valence-corrected chi connectivity index (χ1v) is 7.90. The van der Waals surface area contributed by atoms with Crippen molar-refractivity contribution in [2.24, 2.45) is 11.8 Å². The highest BCUT2D eigenvalue weighted by Crippen LogP contribution is 2.32. The second-order valence-electron chi connectivity index (χ2n) is 6.35. The number of hydrogen-bond acceptors (Lipinski definition) is 3. The number of benzene rings is 1. The van der Waals surface area contributed by atoms with Gasteiger partial charge in [-0.25, -0.2) is 4.39 Å². The first kappa shape index (κ1) is 15.4. The Kier molecular flexibility index (Phi) is 4.74. The molecule has 0 unspecified atom stereocenters. The van der Waals surface area contributed by atoms with Crippen molar-refractivity contribution in [3.8, 4) is 0 Å². The van der Waals surface area contributed by atoms with Gasteiger partial charge in [-0.2, -0.15) is 0 Å². The van der Waals surface area contributed by atoms with E-state index in [0.717, 1.165) is 31.7 Å². The molecule has 2 heterocycles. The third-order valence-corrected chi connectivity index (χ3v) is 4.79. The van der Waals surface area contributed by atoms with E-state index in [0.29, 0.717) is 31.4 Å². The summed E-state index contributed by atoms with van der Waals surface area (Å²) >= 11 is 0. The van der Waals surface area contributed by atoms with Gasteiger partial charge in [0.2, 0.25) is 5.91 Å². The number of rotatable bonds is 5. The van der Waals surface area contributed by atoms with Crippen LogP contribution in [0, 0.1) is 17.7 Å². The van der Waals surface area contributed by atoms with Crippen LogP contribution in [0.4, 0.5) is 4.39 Å². The number of hydrogen-bond donors (Lipinski definition) is 0. The van der Waals surface area contributed by atoms with Gasteiger partial charge in [-0.1, -0.05) is 18.2 Å². The van der Waals surface area contributed by atoms with Crippen molar-refractivity contribution >= 4 is 5.91 Å². The van der Waals surface area contributed by atoms with Gasteiger partial charge in [-0.15, -0.1) is 0 Å². The van der Waals surface area contributed by atoms with Crippen LogP contribution in [0.15, 0.2) is 24.3 Å². The van der Waals surface area contributed by atoms with Crippen LogP contribution in [0.5, 0.6) is 0 Å². The second kappa shape index (κ2) is 6.75. The van der Waals surface area contributed by atoms with E-state index in [2.05, 4.69) is 4.90 Å². The molecular formula is C17H23FN2O2. The number of likely N-dealkylation sites (tertiary alicyclic amines) is 2. The SMILES string of the molecule is COCCC(=O)N1C[C@H]2CN(Cc3ccccc3F)C[C@@H]2C1. The van der Waals surface area contributed by atoms with Gasteiger partial charge in [0, 0.05) is 45.4 Å². The number of fused-ring (bicyclic) bond motifs is 1. The molecule has 4 nitrogen and oxygen atoms in total. The van der Waals surface area contributed by atoms with Crippen LogP contribution in [0.1, 0.15) is 12.0 Å². The van der Waals surface area contributed by atoms with Crippen LogP contribution >= 0.6 is 0 Å². The minimum absolute atomic E-state index is 0.129. The Morgan fingerprint density at radius 1 is 1.23 bits per heavy atom. The van der Waals surface area contributed by atoms with Gasteiger partial charge in [0.05, 0.1) is 13.0 Å². The van der Waals surface area contributed by atoms with E-state index in [1.54, 1.807) is 13.2 Å². The molecule has 0 saturated carbocycles. The van der Waals surface area contributed by atoms with Crippen LogP contribution < -0.4 is 0 Å². The molecule has 0 aliphatic carbocycles. The summed E-state index contributed by atoms with van der Waals surface area (Å²) in [6.45, 7) is 4.73. The van der Waals surface area contributed by atoms with Gasteiger partial charge in [0.1, 0.15) is 5.82 Å². The van der Waals surface area contributed by atoms with Gasteiger partial charge in [-0.3, -0.25) is 9.69 Å². The molecule has 5 heteroatoms. The Morgan fingerprint density at radius 2 is 1.91 bits per heavy atom. The maximum Gasteiger partial charge on any atom is 0.224 e. The van der Waals surface area contributed by atoms with E-state index in [1.165, 1.54) is 6.07 Å².